The van der Waals surface area contributed by atoms with Gasteiger partial charge in [0.1, 0.15) is 5.75 Å². The van der Waals surface area contributed by atoms with E-state index in [-0.39, 0.29) is 18.4 Å². The molecule has 1 aliphatic rings. The molecule has 1 heterocycles. The van der Waals surface area contributed by atoms with E-state index in [2.05, 4.69) is 16.3 Å². The molecule has 1 fully saturated rings. The quantitative estimate of drug-likeness (QED) is 0.687. The third kappa shape index (κ3) is 6.37. The molecule has 7 heteroatoms. The van der Waals surface area contributed by atoms with Gasteiger partial charge in [0.25, 0.3) is 5.91 Å². The molecular weight excluding hydrogens is 414 g/mol. The molecule has 31 heavy (non-hydrogen) atoms. The Morgan fingerprint density at radius 2 is 1.71 bits per heavy atom. The van der Waals surface area contributed by atoms with E-state index >= 15 is 0 Å². The number of carbonyl (C=O) groups excluding carboxylic acids is 2. The number of hydrogen-bond donors (Lipinski definition) is 1. The number of hydrogen-bond acceptors (Lipinski definition) is 4. The maximum atomic E-state index is 12.6. The summed E-state index contributed by atoms with van der Waals surface area (Å²) in [7, 11) is 0. The molecule has 166 valence electrons. The van der Waals surface area contributed by atoms with E-state index in [1.165, 1.54) is 0 Å². The maximum Gasteiger partial charge on any atom is 0.262 e. The first kappa shape index (κ1) is 22.9. The van der Waals surface area contributed by atoms with E-state index in [1.807, 2.05) is 49.9 Å². The van der Waals surface area contributed by atoms with Gasteiger partial charge in [-0.3, -0.25) is 9.59 Å². The molecule has 0 atom stereocenters. The zero-order valence-electron chi connectivity index (χ0n) is 18.4. The van der Waals surface area contributed by atoms with E-state index in [0.29, 0.717) is 49.1 Å². The van der Waals surface area contributed by atoms with Gasteiger partial charge < -0.3 is 19.9 Å². The van der Waals surface area contributed by atoms with Gasteiger partial charge in [-0.15, -0.1) is 0 Å². The fraction of sp³-hybridized carbons (Fsp3) is 0.417. The van der Waals surface area contributed by atoms with Gasteiger partial charge in [0.05, 0.1) is 11.4 Å². The summed E-state index contributed by atoms with van der Waals surface area (Å²) < 4.78 is 5.68. The number of anilines is 2. The summed E-state index contributed by atoms with van der Waals surface area (Å²) in [6, 6.07) is 11.3. The van der Waals surface area contributed by atoms with Crippen LogP contribution in [0.2, 0.25) is 5.02 Å². The number of aryl methyl sites for hydroxylation is 2. The van der Waals surface area contributed by atoms with Gasteiger partial charge in [-0.2, -0.15) is 0 Å². The molecule has 2 aromatic carbocycles. The highest BCUT2D eigenvalue weighted by molar-refractivity contribution is 6.31. The molecule has 0 spiro atoms. The third-order valence-electron chi connectivity index (χ3n) is 5.23. The fourth-order valence-corrected chi connectivity index (χ4v) is 3.98. The summed E-state index contributed by atoms with van der Waals surface area (Å²) in [5.74, 6) is 0.626. The molecule has 0 bridgehead atoms. The second-order valence-corrected chi connectivity index (χ2v) is 8.38. The van der Waals surface area contributed by atoms with Gasteiger partial charge in [0.15, 0.2) is 6.61 Å². The van der Waals surface area contributed by atoms with Crippen molar-refractivity contribution in [1.82, 2.24) is 4.90 Å². The van der Waals surface area contributed by atoms with Gasteiger partial charge in [-0.05, 0) is 61.7 Å². The van der Waals surface area contributed by atoms with Crippen LogP contribution in [0.4, 0.5) is 11.4 Å². The third-order valence-corrected chi connectivity index (χ3v) is 5.47. The molecule has 0 aliphatic carbocycles. The molecule has 6 nitrogen and oxygen atoms in total. The van der Waals surface area contributed by atoms with E-state index in [4.69, 9.17) is 16.3 Å². The monoisotopic (exact) mass is 443 g/mol. The summed E-state index contributed by atoms with van der Waals surface area (Å²) in [6.45, 7) is 8.67. The molecular formula is C24H30ClN3O3. The minimum absolute atomic E-state index is 0.0891. The predicted octanol–water partition coefficient (Wildman–Crippen LogP) is 4.42. The summed E-state index contributed by atoms with van der Waals surface area (Å²) in [5, 5.41) is 3.48. The summed E-state index contributed by atoms with van der Waals surface area (Å²) in [6.07, 6.45) is 1.44. The first-order valence-electron chi connectivity index (χ1n) is 10.7. The van der Waals surface area contributed by atoms with Crippen LogP contribution in [0, 0.1) is 13.8 Å². The van der Waals surface area contributed by atoms with E-state index in [0.717, 1.165) is 23.2 Å². The Balaban J connectivity index is 1.63. The number of halogens is 1. The Morgan fingerprint density at radius 1 is 1.03 bits per heavy atom. The first-order valence-corrected chi connectivity index (χ1v) is 11.1. The van der Waals surface area contributed by atoms with Gasteiger partial charge in [-0.1, -0.05) is 24.6 Å². The van der Waals surface area contributed by atoms with Crippen LogP contribution in [0.1, 0.15) is 30.9 Å². The van der Waals surface area contributed by atoms with Crippen molar-refractivity contribution in [2.75, 3.05) is 43.0 Å². The van der Waals surface area contributed by atoms with Crippen LogP contribution in [0.5, 0.6) is 5.75 Å². The largest absolute Gasteiger partial charge is 0.484 e. The topological polar surface area (TPSA) is 61.9 Å². The summed E-state index contributed by atoms with van der Waals surface area (Å²) in [5.41, 5.74) is 3.72. The standard InChI is InChI=1S/C24H30ClN3O3/c1-4-5-24(30)28-10-8-27(9-11-28)22-7-6-19(25)15-21(22)26-23(29)16-31-20-13-17(2)12-18(3)14-20/h6-7,12-15H,4-5,8-11,16H2,1-3H3,(H,26,29). The average molecular weight is 444 g/mol. The first-order chi connectivity index (χ1) is 14.9. The SMILES string of the molecule is CCCC(=O)N1CCN(c2ccc(Cl)cc2NC(=O)COc2cc(C)cc(C)c2)CC1. The van der Waals surface area contributed by atoms with Crippen molar-refractivity contribution >= 4 is 34.8 Å². The highest BCUT2D eigenvalue weighted by Gasteiger charge is 2.22. The minimum Gasteiger partial charge on any atom is -0.484 e. The van der Waals surface area contributed by atoms with Crippen LogP contribution >= 0.6 is 11.6 Å². The lowest BCUT2D eigenvalue weighted by Gasteiger charge is -2.37. The lowest BCUT2D eigenvalue weighted by molar-refractivity contribution is -0.131. The zero-order valence-corrected chi connectivity index (χ0v) is 19.2. The number of amides is 2. The number of ether oxygens (including phenoxy) is 1. The van der Waals surface area contributed by atoms with Crippen molar-refractivity contribution in [1.29, 1.82) is 0 Å². The van der Waals surface area contributed by atoms with Crippen molar-refractivity contribution in [3.8, 4) is 5.75 Å². The van der Waals surface area contributed by atoms with E-state index in [1.54, 1.807) is 6.07 Å². The Morgan fingerprint density at radius 3 is 2.35 bits per heavy atom. The Bertz CT molecular complexity index is 919. The smallest absolute Gasteiger partial charge is 0.262 e. The van der Waals surface area contributed by atoms with Crippen molar-refractivity contribution in [3.05, 3.63) is 52.5 Å². The van der Waals surface area contributed by atoms with Gasteiger partial charge in [0.2, 0.25) is 5.91 Å². The zero-order chi connectivity index (χ0) is 22.4. The summed E-state index contributed by atoms with van der Waals surface area (Å²) >= 11 is 6.19. The molecule has 3 rings (SSSR count). The normalized spacial score (nSPS) is 13.8. The molecule has 0 aromatic heterocycles. The fourth-order valence-electron chi connectivity index (χ4n) is 3.80. The van der Waals surface area contributed by atoms with E-state index in [9.17, 15) is 9.59 Å². The van der Waals surface area contributed by atoms with Crippen molar-refractivity contribution in [2.45, 2.75) is 33.6 Å². The van der Waals surface area contributed by atoms with Crippen LogP contribution in [0.3, 0.4) is 0 Å². The lowest BCUT2D eigenvalue weighted by atomic mass is 10.1. The average Bonchev–Trinajstić information content (AvgIpc) is 2.72. The Labute approximate surface area is 189 Å². The minimum atomic E-state index is -0.251. The lowest BCUT2D eigenvalue weighted by Crippen LogP contribution is -2.49. The molecule has 1 saturated heterocycles. The second kappa shape index (κ2) is 10.5. The van der Waals surface area contributed by atoms with Crippen LogP contribution in [0.15, 0.2) is 36.4 Å². The van der Waals surface area contributed by atoms with Gasteiger partial charge >= 0.3 is 0 Å². The van der Waals surface area contributed by atoms with Gasteiger partial charge in [0, 0.05) is 37.6 Å². The van der Waals surface area contributed by atoms with Crippen LogP contribution in [-0.2, 0) is 9.59 Å². The van der Waals surface area contributed by atoms with Crippen molar-refractivity contribution in [2.24, 2.45) is 0 Å². The molecule has 0 radical (unpaired) electrons. The summed E-state index contributed by atoms with van der Waals surface area (Å²) in [4.78, 5) is 28.8. The number of nitrogens with zero attached hydrogens (tertiary/aromatic N) is 2. The Hall–Kier alpha value is -2.73. The number of benzene rings is 2. The maximum absolute atomic E-state index is 12.6. The molecule has 2 aromatic rings. The highest BCUT2D eigenvalue weighted by atomic mass is 35.5. The molecule has 0 saturated carbocycles. The molecule has 1 aliphatic heterocycles. The van der Waals surface area contributed by atoms with Gasteiger partial charge in [-0.25, -0.2) is 0 Å². The second-order valence-electron chi connectivity index (χ2n) is 7.94. The number of nitrogens with one attached hydrogen (secondary N) is 1. The van der Waals surface area contributed by atoms with Crippen LogP contribution in [-0.4, -0.2) is 49.5 Å². The number of rotatable bonds is 7. The Kier molecular flexibility index (Phi) is 7.80. The van der Waals surface area contributed by atoms with Crippen LogP contribution in [0.25, 0.3) is 0 Å². The molecule has 0 unspecified atom stereocenters. The predicted molar refractivity (Wildman–Crippen MR) is 125 cm³/mol. The highest BCUT2D eigenvalue weighted by Crippen LogP contribution is 2.30. The number of carbonyl (C=O) groups is 2. The molecule has 1 N–H and O–H groups in total. The van der Waals surface area contributed by atoms with E-state index < -0.39 is 0 Å². The van der Waals surface area contributed by atoms with Crippen molar-refractivity contribution < 1.29 is 14.3 Å². The molecule has 2 amide bonds. The van der Waals surface area contributed by atoms with Crippen molar-refractivity contribution in [3.63, 3.8) is 0 Å². The number of piperazine rings is 1. The van der Waals surface area contributed by atoms with Crippen LogP contribution < -0.4 is 15.0 Å².